The molecule has 0 aliphatic carbocycles. The molecule has 0 spiro atoms. The van der Waals surface area contributed by atoms with Gasteiger partial charge < -0.3 is 19.5 Å². The van der Waals surface area contributed by atoms with Gasteiger partial charge in [-0.3, -0.25) is 0 Å². The Morgan fingerprint density at radius 3 is 1.88 bits per heavy atom. The molecular weight excluding hydrogens is 434 g/mol. The van der Waals surface area contributed by atoms with Crippen LogP contribution in [0.3, 0.4) is 0 Å². The summed E-state index contributed by atoms with van der Waals surface area (Å²) in [7, 11) is 1.64. The van der Waals surface area contributed by atoms with E-state index in [-0.39, 0.29) is 0 Å². The Bertz CT molecular complexity index is 970. The van der Waals surface area contributed by atoms with Gasteiger partial charge in [0.05, 0.1) is 7.11 Å². The lowest BCUT2D eigenvalue weighted by molar-refractivity contribution is 0.0712. The minimum atomic E-state index is -1.15. The molecule has 4 nitrogen and oxygen atoms in total. The number of halogens is 1. The molecule has 0 heterocycles. The summed E-state index contributed by atoms with van der Waals surface area (Å²) in [5.74, 6) is 1.57. The SMILES string of the molecule is CCN(CC)CCOc1ccc(C(O)(CCc2ccc(Cl)cc2)c2ccc(OC)cc2)cc1. The Balaban J connectivity index is 1.79. The minimum Gasteiger partial charge on any atom is -0.497 e. The zero-order chi connectivity index (χ0) is 23.7. The van der Waals surface area contributed by atoms with E-state index in [0.29, 0.717) is 24.5 Å². The average molecular weight is 468 g/mol. The summed E-state index contributed by atoms with van der Waals surface area (Å²) in [4.78, 5) is 2.33. The Morgan fingerprint density at radius 1 is 0.818 bits per heavy atom. The normalized spacial score (nSPS) is 13.0. The largest absolute Gasteiger partial charge is 0.497 e. The highest BCUT2D eigenvalue weighted by molar-refractivity contribution is 6.30. The second-order valence-corrected chi connectivity index (χ2v) is 8.55. The van der Waals surface area contributed by atoms with Crippen molar-refractivity contribution in [3.63, 3.8) is 0 Å². The predicted octanol–water partition coefficient (Wildman–Crippen LogP) is 5.94. The number of aliphatic hydroxyl groups is 1. The Labute approximate surface area is 202 Å². The fourth-order valence-electron chi connectivity index (χ4n) is 3.96. The van der Waals surface area contributed by atoms with Gasteiger partial charge in [-0.05, 0) is 79.0 Å². The Morgan fingerprint density at radius 2 is 1.36 bits per heavy atom. The van der Waals surface area contributed by atoms with E-state index < -0.39 is 5.60 Å². The third kappa shape index (κ3) is 6.73. The summed E-state index contributed by atoms with van der Waals surface area (Å²) < 4.78 is 11.2. The first-order chi connectivity index (χ1) is 16.0. The van der Waals surface area contributed by atoms with Gasteiger partial charge in [-0.1, -0.05) is 61.8 Å². The van der Waals surface area contributed by atoms with E-state index in [2.05, 4.69) is 18.7 Å². The van der Waals surface area contributed by atoms with E-state index in [4.69, 9.17) is 21.1 Å². The summed E-state index contributed by atoms with van der Waals surface area (Å²) in [6.07, 6.45) is 1.24. The number of nitrogens with zero attached hydrogens (tertiary/aromatic N) is 1. The van der Waals surface area contributed by atoms with Gasteiger partial charge in [0.1, 0.15) is 23.7 Å². The number of rotatable bonds is 12. The van der Waals surface area contributed by atoms with E-state index in [1.165, 1.54) is 0 Å². The first-order valence-electron chi connectivity index (χ1n) is 11.6. The standard InChI is InChI=1S/C28H34ClNO3/c1-4-30(5-2)20-21-33-27-16-10-24(11-17-27)28(31,23-8-14-26(32-3)15-9-23)19-18-22-6-12-25(29)13-7-22/h6-17,31H,4-5,18-21H2,1-3H3. The first-order valence-corrected chi connectivity index (χ1v) is 11.9. The smallest absolute Gasteiger partial charge is 0.119 e. The van der Waals surface area contributed by atoms with Gasteiger partial charge in [0.2, 0.25) is 0 Å². The second kappa shape index (κ2) is 12.1. The summed E-state index contributed by atoms with van der Waals surface area (Å²) in [5, 5.41) is 12.6. The van der Waals surface area contributed by atoms with Crippen molar-refractivity contribution >= 4 is 11.6 Å². The average Bonchev–Trinajstić information content (AvgIpc) is 2.86. The maximum Gasteiger partial charge on any atom is 0.119 e. The third-order valence-corrected chi connectivity index (χ3v) is 6.41. The summed E-state index contributed by atoms with van der Waals surface area (Å²) in [6, 6.07) is 23.2. The lowest BCUT2D eigenvalue weighted by atomic mass is 9.81. The molecule has 1 N–H and O–H groups in total. The molecule has 0 aliphatic rings. The Kier molecular flexibility index (Phi) is 9.19. The first kappa shape index (κ1) is 25.1. The van der Waals surface area contributed by atoms with Crippen LogP contribution >= 0.6 is 11.6 Å². The lowest BCUT2D eigenvalue weighted by Gasteiger charge is -2.30. The zero-order valence-electron chi connectivity index (χ0n) is 19.8. The van der Waals surface area contributed by atoms with Crippen molar-refractivity contribution in [2.45, 2.75) is 32.3 Å². The van der Waals surface area contributed by atoms with Crippen molar-refractivity contribution in [3.05, 3.63) is 94.5 Å². The quantitative estimate of drug-likeness (QED) is 0.358. The molecule has 3 aromatic carbocycles. The highest BCUT2D eigenvalue weighted by Gasteiger charge is 2.31. The molecule has 0 radical (unpaired) electrons. The van der Waals surface area contributed by atoms with E-state index in [1.807, 2.05) is 72.8 Å². The molecule has 0 amide bonds. The van der Waals surface area contributed by atoms with Crippen LogP contribution in [0.15, 0.2) is 72.8 Å². The van der Waals surface area contributed by atoms with Crippen LogP contribution in [0.25, 0.3) is 0 Å². The number of benzene rings is 3. The fourth-order valence-corrected chi connectivity index (χ4v) is 4.08. The van der Waals surface area contributed by atoms with Crippen molar-refractivity contribution in [2.24, 2.45) is 0 Å². The van der Waals surface area contributed by atoms with Gasteiger partial charge in [-0.2, -0.15) is 0 Å². The number of methoxy groups -OCH3 is 1. The van der Waals surface area contributed by atoms with Crippen molar-refractivity contribution < 1.29 is 14.6 Å². The van der Waals surface area contributed by atoms with Gasteiger partial charge in [0, 0.05) is 11.6 Å². The van der Waals surface area contributed by atoms with Crippen molar-refractivity contribution in [1.82, 2.24) is 4.90 Å². The number of likely N-dealkylation sites (N-methyl/N-ethyl adjacent to an activating group) is 1. The summed E-state index contributed by atoms with van der Waals surface area (Å²) in [5.41, 5.74) is 1.64. The van der Waals surface area contributed by atoms with E-state index in [0.717, 1.165) is 47.8 Å². The van der Waals surface area contributed by atoms with E-state index in [9.17, 15) is 5.11 Å². The topological polar surface area (TPSA) is 41.9 Å². The maximum atomic E-state index is 11.9. The monoisotopic (exact) mass is 467 g/mol. The van der Waals surface area contributed by atoms with E-state index >= 15 is 0 Å². The van der Waals surface area contributed by atoms with Crippen LogP contribution in [-0.4, -0.2) is 43.4 Å². The minimum absolute atomic E-state index is 0.531. The lowest BCUT2D eigenvalue weighted by Crippen LogP contribution is -2.28. The molecule has 0 saturated heterocycles. The molecule has 0 aliphatic heterocycles. The Hall–Kier alpha value is -2.53. The van der Waals surface area contributed by atoms with Crippen molar-refractivity contribution in [2.75, 3.05) is 33.4 Å². The molecule has 3 aromatic rings. The highest BCUT2D eigenvalue weighted by atomic mass is 35.5. The van der Waals surface area contributed by atoms with Crippen LogP contribution < -0.4 is 9.47 Å². The molecule has 1 unspecified atom stereocenters. The van der Waals surface area contributed by atoms with Crippen LogP contribution in [0.2, 0.25) is 5.02 Å². The number of hydrogen-bond donors (Lipinski definition) is 1. The van der Waals surface area contributed by atoms with Gasteiger partial charge in [-0.25, -0.2) is 0 Å². The predicted molar refractivity (Wildman–Crippen MR) is 135 cm³/mol. The van der Waals surface area contributed by atoms with Crippen LogP contribution in [-0.2, 0) is 12.0 Å². The maximum absolute atomic E-state index is 11.9. The summed E-state index contributed by atoms with van der Waals surface area (Å²) in [6.45, 7) is 7.87. The van der Waals surface area contributed by atoms with Gasteiger partial charge >= 0.3 is 0 Å². The van der Waals surface area contributed by atoms with Crippen molar-refractivity contribution in [3.8, 4) is 11.5 Å². The fraction of sp³-hybridized carbons (Fsp3) is 0.357. The van der Waals surface area contributed by atoms with Crippen LogP contribution in [0.4, 0.5) is 0 Å². The van der Waals surface area contributed by atoms with Crippen LogP contribution in [0.5, 0.6) is 11.5 Å². The van der Waals surface area contributed by atoms with Gasteiger partial charge in [0.15, 0.2) is 0 Å². The van der Waals surface area contributed by atoms with Crippen LogP contribution in [0, 0.1) is 0 Å². The molecule has 5 heteroatoms. The highest BCUT2D eigenvalue weighted by Crippen LogP contribution is 2.36. The second-order valence-electron chi connectivity index (χ2n) is 8.11. The molecule has 0 fully saturated rings. The van der Waals surface area contributed by atoms with E-state index in [1.54, 1.807) is 7.11 Å². The summed E-state index contributed by atoms with van der Waals surface area (Å²) >= 11 is 6.03. The number of hydrogen-bond acceptors (Lipinski definition) is 4. The third-order valence-electron chi connectivity index (χ3n) is 6.16. The van der Waals surface area contributed by atoms with Crippen LogP contribution in [0.1, 0.15) is 37.0 Å². The molecule has 0 saturated carbocycles. The van der Waals surface area contributed by atoms with Gasteiger partial charge in [-0.15, -0.1) is 0 Å². The molecule has 33 heavy (non-hydrogen) atoms. The molecule has 1 atom stereocenters. The zero-order valence-corrected chi connectivity index (χ0v) is 20.5. The number of aryl methyl sites for hydroxylation is 1. The van der Waals surface area contributed by atoms with Crippen molar-refractivity contribution in [1.29, 1.82) is 0 Å². The molecule has 176 valence electrons. The molecule has 3 rings (SSSR count). The molecular formula is C28H34ClNO3. The molecule has 0 aromatic heterocycles. The number of ether oxygens (including phenoxy) is 2. The van der Waals surface area contributed by atoms with Gasteiger partial charge in [0.25, 0.3) is 0 Å². The molecule has 0 bridgehead atoms.